The summed E-state index contributed by atoms with van der Waals surface area (Å²) in [6.45, 7) is 6.65. The van der Waals surface area contributed by atoms with Gasteiger partial charge < -0.3 is 16.5 Å². The number of benzene rings is 1. The van der Waals surface area contributed by atoms with Gasteiger partial charge in [0, 0.05) is 42.7 Å². The lowest BCUT2D eigenvalue weighted by Gasteiger charge is -2.45. The number of nitrogens with one attached hydrogen (secondary N) is 2. The average Bonchev–Trinajstić information content (AvgIpc) is 2.54. The molecule has 0 radical (unpaired) electrons. The highest BCUT2D eigenvalue weighted by molar-refractivity contribution is 6.09. The maximum Gasteiger partial charge on any atom is 0.239 e. The van der Waals surface area contributed by atoms with E-state index in [1.54, 1.807) is 6.20 Å². The Hall–Kier alpha value is -2.73. The predicted molar refractivity (Wildman–Crippen MR) is 102 cm³/mol. The number of rotatable bonds is 5. The number of hydrogen-bond acceptors (Lipinski definition) is 5. The molecule has 0 unspecified atom stereocenters. The van der Waals surface area contributed by atoms with Crippen molar-refractivity contribution in [1.29, 1.82) is 5.41 Å². The number of pyridine rings is 1. The fourth-order valence-electron chi connectivity index (χ4n) is 3.28. The van der Waals surface area contributed by atoms with Crippen molar-refractivity contribution in [2.75, 3.05) is 25.0 Å². The summed E-state index contributed by atoms with van der Waals surface area (Å²) in [5, 5.41) is 12.2. The Balaban J connectivity index is 1.73. The number of nitrogens with zero attached hydrogens (tertiary/aromatic N) is 2. The van der Waals surface area contributed by atoms with Crippen LogP contribution in [0.15, 0.2) is 36.7 Å². The van der Waals surface area contributed by atoms with Crippen molar-refractivity contribution in [1.82, 2.24) is 9.88 Å². The Morgan fingerprint density at radius 3 is 2.76 bits per heavy atom. The molecule has 0 bridgehead atoms. The Kier molecular flexibility index (Phi) is 4.55. The Morgan fingerprint density at radius 1 is 1.36 bits per heavy atom. The maximum atomic E-state index is 12.2. The third-order valence-electron chi connectivity index (χ3n) is 4.33. The Morgan fingerprint density at radius 2 is 2.12 bits per heavy atom. The van der Waals surface area contributed by atoms with Crippen LogP contribution in [0.2, 0.25) is 0 Å². The molecule has 6 heteroatoms. The normalized spacial score (nSPS) is 17.1. The topological polar surface area (TPSA) is 95.1 Å². The van der Waals surface area contributed by atoms with Gasteiger partial charge >= 0.3 is 0 Å². The van der Waals surface area contributed by atoms with Crippen molar-refractivity contribution in [3.63, 3.8) is 0 Å². The molecule has 0 saturated carbocycles. The van der Waals surface area contributed by atoms with Crippen LogP contribution in [0.1, 0.15) is 19.4 Å². The Labute approximate surface area is 147 Å². The van der Waals surface area contributed by atoms with Crippen molar-refractivity contribution in [2.45, 2.75) is 13.8 Å². The van der Waals surface area contributed by atoms with Crippen LogP contribution in [0.3, 0.4) is 0 Å². The molecule has 1 saturated heterocycles. The van der Waals surface area contributed by atoms with E-state index in [0.717, 1.165) is 29.4 Å². The molecule has 25 heavy (non-hydrogen) atoms. The molecule has 6 nitrogen and oxygen atoms in total. The molecule has 1 aromatic carbocycles. The van der Waals surface area contributed by atoms with Gasteiger partial charge in [-0.3, -0.25) is 9.69 Å². The fraction of sp³-hybridized carbons (Fsp3) is 0.316. The summed E-state index contributed by atoms with van der Waals surface area (Å²) in [6, 6.07) is 7.61. The van der Waals surface area contributed by atoms with Gasteiger partial charge in [0.05, 0.1) is 6.54 Å². The molecular weight excluding hydrogens is 314 g/mol. The number of hydrogen-bond donors (Lipinski definition) is 3. The lowest BCUT2D eigenvalue weighted by atomic mass is 9.84. The van der Waals surface area contributed by atoms with Crippen LogP contribution < -0.4 is 11.1 Å². The van der Waals surface area contributed by atoms with E-state index in [0.29, 0.717) is 23.4 Å². The monoisotopic (exact) mass is 337 g/mol. The zero-order valence-corrected chi connectivity index (χ0v) is 14.5. The number of nitrogens with two attached hydrogens (primary N) is 1. The van der Waals surface area contributed by atoms with Crippen LogP contribution in [0.5, 0.6) is 0 Å². The molecule has 0 spiro atoms. The molecule has 1 amide bonds. The van der Waals surface area contributed by atoms with Crippen molar-refractivity contribution in [3.8, 4) is 0 Å². The third-order valence-corrected chi connectivity index (χ3v) is 4.33. The molecule has 3 rings (SSSR count). The van der Waals surface area contributed by atoms with Crippen molar-refractivity contribution >= 4 is 34.3 Å². The molecule has 0 aliphatic carbocycles. The molecule has 1 aliphatic rings. The third kappa shape index (κ3) is 3.85. The summed E-state index contributed by atoms with van der Waals surface area (Å²) < 4.78 is 0. The summed E-state index contributed by atoms with van der Waals surface area (Å²) in [4.78, 5) is 18.6. The fourth-order valence-corrected chi connectivity index (χ4v) is 3.28. The van der Waals surface area contributed by atoms with Gasteiger partial charge in [0.25, 0.3) is 0 Å². The first kappa shape index (κ1) is 17.1. The van der Waals surface area contributed by atoms with Crippen LogP contribution in [0.4, 0.5) is 5.82 Å². The second kappa shape index (κ2) is 6.64. The van der Waals surface area contributed by atoms with Gasteiger partial charge in [0.15, 0.2) is 0 Å². The average molecular weight is 337 g/mol. The number of aromatic nitrogens is 1. The highest BCUT2D eigenvalue weighted by Gasteiger charge is 2.34. The zero-order valence-electron chi connectivity index (χ0n) is 14.5. The minimum absolute atomic E-state index is 0.0551. The number of carbonyl (C=O) groups excluding carboxylic acids is 1. The molecule has 1 aromatic heterocycles. The second-order valence-electron chi connectivity index (χ2n) is 7.26. The van der Waals surface area contributed by atoms with Crippen LogP contribution in [0, 0.1) is 10.8 Å². The van der Waals surface area contributed by atoms with Gasteiger partial charge in [-0.05, 0) is 28.5 Å². The summed E-state index contributed by atoms with van der Waals surface area (Å²) in [6.07, 6.45) is 4.36. The van der Waals surface area contributed by atoms with Gasteiger partial charge in [-0.25, -0.2) is 4.98 Å². The van der Waals surface area contributed by atoms with E-state index >= 15 is 0 Å². The number of anilines is 1. The summed E-state index contributed by atoms with van der Waals surface area (Å²) in [5.41, 5.74) is 7.36. The van der Waals surface area contributed by atoms with Crippen molar-refractivity contribution < 1.29 is 4.79 Å². The number of amides is 1. The quantitative estimate of drug-likeness (QED) is 0.730. The lowest BCUT2D eigenvalue weighted by Crippen LogP contribution is -2.54. The van der Waals surface area contributed by atoms with E-state index in [-0.39, 0.29) is 5.91 Å². The SMILES string of the molecule is CC1(C)CN(CC(=O)Nc2cc3cc(/C(C=N)=C/N)ccc3cn2)C1. The minimum atomic E-state index is -0.0551. The first-order valence-corrected chi connectivity index (χ1v) is 8.25. The van der Waals surface area contributed by atoms with E-state index in [1.165, 1.54) is 12.4 Å². The van der Waals surface area contributed by atoms with Crippen LogP contribution >= 0.6 is 0 Å². The number of likely N-dealkylation sites (tertiary alicyclic amines) is 1. The second-order valence-corrected chi connectivity index (χ2v) is 7.26. The molecule has 0 atom stereocenters. The summed E-state index contributed by atoms with van der Waals surface area (Å²) >= 11 is 0. The first-order valence-electron chi connectivity index (χ1n) is 8.25. The molecule has 1 aliphatic heterocycles. The maximum absolute atomic E-state index is 12.2. The Bertz CT molecular complexity index is 848. The molecule has 2 aromatic rings. The largest absolute Gasteiger partial charge is 0.404 e. The van der Waals surface area contributed by atoms with Crippen LogP contribution in [-0.2, 0) is 4.79 Å². The highest BCUT2D eigenvalue weighted by atomic mass is 16.2. The number of fused-ring (bicyclic) bond motifs is 1. The van der Waals surface area contributed by atoms with Crippen LogP contribution in [-0.4, -0.2) is 41.6 Å². The van der Waals surface area contributed by atoms with Gasteiger partial charge in [-0.1, -0.05) is 26.0 Å². The van der Waals surface area contributed by atoms with Crippen molar-refractivity contribution in [3.05, 3.63) is 42.2 Å². The molecule has 2 heterocycles. The highest BCUT2D eigenvalue weighted by Crippen LogP contribution is 2.28. The van der Waals surface area contributed by atoms with E-state index in [9.17, 15) is 4.79 Å². The summed E-state index contributed by atoms with van der Waals surface area (Å²) in [5.74, 6) is 0.475. The van der Waals surface area contributed by atoms with E-state index < -0.39 is 0 Å². The molecule has 1 fully saturated rings. The van der Waals surface area contributed by atoms with Gasteiger partial charge in [0.2, 0.25) is 5.91 Å². The van der Waals surface area contributed by atoms with E-state index in [1.807, 2.05) is 24.3 Å². The minimum Gasteiger partial charge on any atom is -0.404 e. The van der Waals surface area contributed by atoms with Crippen LogP contribution in [0.25, 0.3) is 16.3 Å². The molecule has 4 N–H and O–H groups in total. The summed E-state index contributed by atoms with van der Waals surface area (Å²) in [7, 11) is 0. The smallest absolute Gasteiger partial charge is 0.239 e. The molecule has 130 valence electrons. The lowest BCUT2D eigenvalue weighted by molar-refractivity contribution is -0.120. The first-order chi connectivity index (χ1) is 11.9. The standard InChI is InChI=1S/C19H23N5O/c1-19(2)11-24(12-19)10-18(25)23-17-6-15-5-13(16(7-20)8-21)3-4-14(15)9-22-17/h3-9,20H,10-12,21H2,1-2H3,(H,22,23,25)/b16-8+,20-7?. The number of carbonyl (C=O) groups is 1. The van der Waals surface area contributed by atoms with Gasteiger partial charge in [0.1, 0.15) is 5.82 Å². The van der Waals surface area contributed by atoms with Crippen molar-refractivity contribution in [2.24, 2.45) is 11.1 Å². The van der Waals surface area contributed by atoms with E-state index in [4.69, 9.17) is 11.1 Å². The van der Waals surface area contributed by atoms with E-state index in [2.05, 4.69) is 29.0 Å². The predicted octanol–water partition coefficient (Wildman–Crippen LogP) is 2.46. The zero-order chi connectivity index (χ0) is 18.0. The van der Waals surface area contributed by atoms with Gasteiger partial charge in [-0.15, -0.1) is 0 Å². The number of allylic oxidation sites excluding steroid dienone is 1. The molecular formula is C19H23N5O. The van der Waals surface area contributed by atoms with Gasteiger partial charge in [-0.2, -0.15) is 0 Å².